The summed E-state index contributed by atoms with van der Waals surface area (Å²) in [6.45, 7) is 3.96. The highest BCUT2D eigenvalue weighted by atomic mass is 16.7. The molecule has 100 valence electrons. The maximum atomic E-state index is 5.41. The molecule has 3 heterocycles. The van der Waals surface area contributed by atoms with Crippen molar-refractivity contribution in [2.45, 2.75) is 13.8 Å². The van der Waals surface area contributed by atoms with Gasteiger partial charge in [0.25, 0.3) is 5.71 Å². The highest BCUT2D eigenvalue weighted by Gasteiger charge is 2.19. The van der Waals surface area contributed by atoms with Gasteiger partial charge in [-0.15, -0.1) is 0 Å². The van der Waals surface area contributed by atoms with Gasteiger partial charge in [0.05, 0.1) is 16.8 Å². The van der Waals surface area contributed by atoms with E-state index in [2.05, 4.69) is 15.1 Å². The van der Waals surface area contributed by atoms with Crippen LogP contribution in [-0.2, 0) is 0 Å². The van der Waals surface area contributed by atoms with E-state index >= 15 is 0 Å². The highest BCUT2D eigenvalue weighted by molar-refractivity contribution is 5.91. The smallest absolute Gasteiger partial charge is 0.261 e. The van der Waals surface area contributed by atoms with Gasteiger partial charge in [-0.3, -0.25) is 0 Å². The predicted molar refractivity (Wildman–Crippen MR) is 70.6 cm³/mol. The maximum absolute atomic E-state index is 5.41. The molecule has 6 nitrogen and oxygen atoms in total. The Morgan fingerprint density at radius 2 is 1.90 bits per heavy atom. The van der Waals surface area contributed by atoms with E-state index in [-0.39, 0.29) is 6.79 Å². The van der Waals surface area contributed by atoms with E-state index < -0.39 is 0 Å². The second-order valence-electron chi connectivity index (χ2n) is 4.64. The minimum atomic E-state index is 0.253. The zero-order valence-corrected chi connectivity index (χ0v) is 11.0. The lowest BCUT2D eigenvalue weighted by molar-refractivity contribution is 0.174. The molecule has 1 aromatic carbocycles. The first-order chi connectivity index (χ1) is 9.72. The van der Waals surface area contributed by atoms with Crippen LogP contribution in [0.1, 0.15) is 11.5 Å². The summed E-state index contributed by atoms with van der Waals surface area (Å²) >= 11 is 0. The van der Waals surface area contributed by atoms with Gasteiger partial charge in [0.1, 0.15) is 5.82 Å². The van der Waals surface area contributed by atoms with E-state index in [0.717, 1.165) is 33.8 Å². The Balaban J connectivity index is 2.00. The molecule has 6 heteroatoms. The summed E-state index contributed by atoms with van der Waals surface area (Å²) < 4.78 is 16.0. The second-order valence-corrected chi connectivity index (χ2v) is 4.64. The molecule has 4 rings (SSSR count). The molecule has 1 aliphatic heterocycles. The van der Waals surface area contributed by atoms with Crippen molar-refractivity contribution in [2.24, 2.45) is 0 Å². The average molecular weight is 269 g/mol. The molecule has 0 unspecified atom stereocenters. The minimum Gasteiger partial charge on any atom is -0.454 e. The number of rotatable bonds is 1. The summed E-state index contributed by atoms with van der Waals surface area (Å²) in [5.41, 5.74) is 3.00. The van der Waals surface area contributed by atoms with E-state index in [9.17, 15) is 0 Å². The van der Waals surface area contributed by atoms with Crippen LogP contribution in [-0.4, -0.2) is 21.9 Å². The van der Waals surface area contributed by atoms with E-state index in [1.807, 2.05) is 32.0 Å². The van der Waals surface area contributed by atoms with Crippen LogP contribution in [0.25, 0.3) is 22.4 Å². The van der Waals surface area contributed by atoms with Gasteiger partial charge in [-0.25, -0.2) is 4.98 Å². The number of nitrogens with zero attached hydrogens (tertiary/aromatic N) is 3. The Hall–Kier alpha value is -2.63. The molecule has 1 aliphatic rings. The monoisotopic (exact) mass is 269 g/mol. The molecule has 0 N–H and O–H groups in total. The Labute approximate surface area is 114 Å². The fourth-order valence-electron chi connectivity index (χ4n) is 2.35. The molecule has 2 aromatic heterocycles. The third kappa shape index (κ3) is 1.54. The van der Waals surface area contributed by atoms with Crippen molar-refractivity contribution < 1.29 is 14.0 Å². The van der Waals surface area contributed by atoms with Crippen LogP contribution in [0, 0.1) is 13.8 Å². The largest absolute Gasteiger partial charge is 0.454 e. The Morgan fingerprint density at radius 3 is 2.80 bits per heavy atom. The standard InChI is InChI=1S/C14H11N3O3/c1-7-12-13(15-8(2)16-14(12)20-17-7)9-3-4-10-11(5-9)19-6-18-10/h3-5H,6H2,1-2H3. The second kappa shape index (κ2) is 3.93. The fraction of sp³-hybridized carbons (Fsp3) is 0.214. The van der Waals surface area contributed by atoms with Gasteiger partial charge in [-0.2, -0.15) is 4.98 Å². The van der Waals surface area contributed by atoms with Gasteiger partial charge in [0.15, 0.2) is 11.5 Å². The molecule has 0 amide bonds. The lowest BCUT2D eigenvalue weighted by atomic mass is 10.1. The zero-order valence-electron chi connectivity index (χ0n) is 11.0. The number of hydrogen-bond donors (Lipinski definition) is 0. The molecule has 0 fully saturated rings. The van der Waals surface area contributed by atoms with Crippen LogP contribution in [0.4, 0.5) is 0 Å². The van der Waals surface area contributed by atoms with Gasteiger partial charge in [-0.05, 0) is 32.0 Å². The lowest BCUT2D eigenvalue weighted by Crippen LogP contribution is -1.93. The van der Waals surface area contributed by atoms with Gasteiger partial charge in [-0.1, -0.05) is 5.16 Å². The number of hydrogen-bond acceptors (Lipinski definition) is 6. The number of aromatic nitrogens is 3. The molecule has 0 saturated heterocycles. The SMILES string of the molecule is Cc1nc(-c2ccc3c(c2)OCO3)c2c(C)noc2n1. The lowest BCUT2D eigenvalue weighted by Gasteiger charge is -2.05. The van der Waals surface area contributed by atoms with E-state index in [4.69, 9.17) is 14.0 Å². The normalized spacial score (nSPS) is 13.1. The summed E-state index contributed by atoms with van der Waals surface area (Å²) in [6.07, 6.45) is 0. The van der Waals surface area contributed by atoms with E-state index in [1.54, 1.807) is 0 Å². The first kappa shape index (κ1) is 11.2. The van der Waals surface area contributed by atoms with Crippen LogP contribution in [0.3, 0.4) is 0 Å². The van der Waals surface area contributed by atoms with Crippen molar-refractivity contribution in [3.63, 3.8) is 0 Å². The molecule has 0 saturated carbocycles. The Kier molecular flexibility index (Phi) is 2.20. The fourth-order valence-corrected chi connectivity index (χ4v) is 2.35. The van der Waals surface area contributed by atoms with Gasteiger partial charge in [0.2, 0.25) is 6.79 Å². The average Bonchev–Trinajstić information content (AvgIpc) is 3.04. The molecule has 0 bridgehead atoms. The first-order valence-corrected chi connectivity index (χ1v) is 6.23. The van der Waals surface area contributed by atoms with Crippen LogP contribution in [0.2, 0.25) is 0 Å². The third-order valence-corrected chi connectivity index (χ3v) is 3.26. The van der Waals surface area contributed by atoms with Crippen LogP contribution < -0.4 is 9.47 Å². The summed E-state index contributed by atoms with van der Waals surface area (Å²) in [5, 5.41) is 4.79. The maximum Gasteiger partial charge on any atom is 0.261 e. The van der Waals surface area contributed by atoms with Crippen LogP contribution in [0.5, 0.6) is 11.5 Å². The molecule has 0 atom stereocenters. The van der Waals surface area contributed by atoms with Crippen molar-refractivity contribution in [2.75, 3.05) is 6.79 Å². The molecule has 0 aliphatic carbocycles. The minimum absolute atomic E-state index is 0.253. The van der Waals surface area contributed by atoms with Crippen molar-refractivity contribution >= 4 is 11.1 Å². The van der Waals surface area contributed by atoms with E-state index in [1.165, 1.54) is 0 Å². The summed E-state index contributed by atoms with van der Waals surface area (Å²) in [7, 11) is 0. The van der Waals surface area contributed by atoms with Gasteiger partial charge in [0, 0.05) is 5.56 Å². The van der Waals surface area contributed by atoms with Crippen molar-refractivity contribution in [3.8, 4) is 22.8 Å². The number of benzene rings is 1. The Bertz CT molecular complexity index is 826. The summed E-state index contributed by atoms with van der Waals surface area (Å²) in [6, 6.07) is 5.74. The topological polar surface area (TPSA) is 70.3 Å². The molecule has 0 spiro atoms. The number of fused-ring (bicyclic) bond motifs is 2. The van der Waals surface area contributed by atoms with Crippen molar-refractivity contribution in [1.82, 2.24) is 15.1 Å². The predicted octanol–water partition coefficient (Wildman–Crippen LogP) is 2.63. The molecule has 20 heavy (non-hydrogen) atoms. The number of aryl methyl sites for hydroxylation is 2. The summed E-state index contributed by atoms with van der Waals surface area (Å²) in [5.74, 6) is 2.11. The van der Waals surface area contributed by atoms with Crippen molar-refractivity contribution in [1.29, 1.82) is 0 Å². The van der Waals surface area contributed by atoms with Crippen LogP contribution in [0.15, 0.2) is 22.7 Å². The van der Waals surface area contributed by atoms with Crippen LogP contribution >= 0.6 is 0 Å². The first-order valence-electron chi connectivity index (χ1n) is 6.23. The van der Waals surface area contributed by atoms with E-state index in [0.29, 0.717) is 11.5 Å². The summed E-state index contributed by atoms with van der Waals surface area (Å²) in [4.78, 5) is 8.78. The number of ether oxygens (including phenoxy) is 2. The van der Waals surface area contributed by atoms with Gasteiger partial charge >= 0.3 is 0 Å². The molecule has 3 aromatic rings. The quantitative estimate of drug-likeness (QED) is 0.676. The third-order valence-electron chi connectivity index (χ3n) is 3.26. The highest BCUT2D eigenvalue weighted by Crippen LogP contribution is 2.37. The van der Waals surface area contributed by atoms with Crippen molar-refractivity contribution in [3.05, 3.63) is 29.7 Å². The molecular weight excluding hydrogens is 258 g/mol. The van der Waals surface area contributed by atoms with Gasteiger partial charge < -0.3 is 14.0 Å². The Morgan fingerprint density at radius 1 is 1.05 bits per heavy atom. The molecular formula is C14H11N3O3. The zero-order chi connectivity index (χ0) is 13.7. The molecule has 0 radical (unpaired) electrons.